The van der Waals surface area contributed by atoms with Crippen LogP contribution in [-0.4, -0.2) is 5.88 Å². The van der Waals surface area contributed by atoms with E-state index in [-0.39, 0.29) is 21.8 Å². The average Bonchev–Trinajstić information content (AvgIpc) is 2.29. The Morgan fingerprint density at radius 2 is 1.39 bits per heavy atom. The lowest BCUT2D eigenvalue weighted by Gasteiger charge is -2.28. The molecule has 6 heteroatoms. The lowest BCUT2D eigenvalue weighted by molar-refractivity contribution is 0.734. The summed E-state index contributed by atoms with van der Waals surface area (Å²) in [6.45, 7) is 5.73. The first kappa shape index (κ1) is 17.0. The number of halogens is 6. The minimum absolute atomic E-state index is 0.0982. The second-order valence-electron chi connectivity index (χ2n) is 4.53. The van der Waals surface area contributed by atoms with Gasteiger partial charge in [0, 0.05) is 5.88 Å². The zero-order valence-corrected chi connectivity index (χ0v) is 14.6. The summed E-state index contributed by atoms with van der Waals surface area (Å²) < 4.78 is 0. The molecule has 0 spiro atoms. The monoisotopic (exact) mass is 366 g/mol. The van der Waals surface area contributed by atoms with Crippen LogP contribution in [-0.2, 0) is 4.87 Å². The van der Waals surface area contributed by atoms with Gasteiger partial charge in [-0.2, -0.15) is 0 Å². The molecule has 1 atom stereocenters. The summed E-state index contributed by atoms with van der Waals surface area (Å²) >= 11 is 37.0. The van der Waals surface area contributed by atoms with Gasteiger partial charge in [-0.05, 0) is 24.0 Å². The first-order valence-corrected chi connectivity index (χ1v) is 7.68. The Kier molecular flexibility index (Phi) is 5.82. The molecular weight excluding hydrogens is 357 g/mol. The van der Waals surface area contributed by atoms with Crippen LogP contribution in [0.2, 0.25) is 20.1 Å². The maximum absolute atomic E-state index is 6.42. The first-order valence-electron chi connectivity index (χ1n) is 5.26. The molecule has 0 saturated heterocycles. The Balaban J connectivity index is 3.78. The smallest absolute Gasteiger partial charge is 0.0819 e. The molecule has 1 unspecified atom stereocenters. The van der Waals surface area contributed by atoms with Crippen molar-refractivity contribution in [2.24, 2.45) is 0 Å². The van der Waals surface area contributed by atoms with Crippen LogP contribution >= 0.6 is 69.6 Å². The molecule has 1 aromatic carbocycles. The van der Waals surface area contributed by atoms with E-state index in [2.05, 4.69) is 0 Å². The van der Waals surface area contributed by atoms with Crippen LogP contribution in [0.25, 0.3) is 0 Å². The minimum Gasteiger partial charge on any atom is -0.124 e. The standard InChI is InChI=1S/C12H12Cl6/c1-5(2)6-7(12(3,18)4-13)9(15)11(17)10(16)8(6)14/h5H,4H2,1-3H3. The Hall–Kier alpha value is 0.960. The third kappa shape index (κ3) is 3.00. The second kappa shape index (κ2) is 6.16. The van der Waals surface area contributed by atoms with E-state index in [0.29, 0.717) is 15.6 Å². The Bertz CT molecular complexity index is 464. The van der Waals surface area contributed by atoms with Crippen molar-refractivity contribution < 1.29 is 0 Å². The number of hydrogen-bond acceptors (Lipinski definition) is 0. The van der Waals surface area contributed by atoms with Crippen LogP contribution in [0.3, 0.4) is 0 Å². The van der Waals surface area contributed by atoms with Crippen LogP contribution < -0.4 is 0 Å². The highest BCUT2D eigenvalue weighted by Gasteiger charge is 2.33. The highest BCUT2D eigenvalue weighted by molar-refractivity contribution is 6.52. The molecule has 1 aromatic rings. The lowest BCUT2D eigenvalue weighted by Crippen LogP contribution is -2.20. The van der Waals surface area contributed by atoms with E-state index in [9.17, 15) is 0 Å². The summed E-state index contributed by atoms with van der Waals surface area (Å²) in [5, 5.41) is 1.15. The van der Waals surface area contributed by atoms with Gasteiger partial charge in [0.2, 0.25) is 0 Å². The van der Waals surface area contributed by atoms with Crippen molar-refractivity contribution in [3.8, 4) is 0 Å². The molecule has 0 aliphatic rings. The molecule has 0 N–H and O–H groups in total. The summed E-state index contributed by atoms with van der Waals surface area (Å²) in [5.41, 5.74) is 1.43. The van der Waals surface area contributed by atoms with E-state index in [1.807, 2.05) is 13.8 Å². The van der Waals surface area contributed by atoms with Gasteiger partial charge in [0.15, 0.2) is 0 Å². The van der Waals surface area contributed by atoms with E-state index in [1.165, 1.54) is 0 Å². The van der Waals surface area contributed by atoms with Crippen molar-refractivity contribution >= 4 is 69.6 Å². The summed E-state index contributed by atoms with van der Waals surface area (Å²) in [5.74, 6) is 0.281. The lowest BCUT2D eigenvalue weighted by atomic mass is 9.89. The highest BCUT2D eigenvalue weighted by Crippen LogP contribution is 2.49. The zero-order chi connectivity index (χ0) is 14.2. The van der Waals surface area contributed by atoms with Crippen LogP contribution in [0, 0.1) is 0 Å². The fourth-order valence-corrected chi connectivity index (χ4v) is 3.44. The molecule has 102 valence electrons. The average molecular weight is 369 g/mol. The second-order valence-corrected chi connectivity index (χ2v) is 7.14. The SMILES string of the molecule is CC(C)c1c(Cl)c(Cl)c(Cl)c(Cl)c1C(C)(Cl)CCl. The summed E-state index contributed by atoms with van der Waals surface area (Å²) in [7, 11) is 0. The first-order chi connectivity index (χ1) is 8.15. The summed E-state index contributed by atoms with van der Waals surface area (Å²) in [6, 6.07) is 0. The van der Waals surface area contributed by atoms with Gasteiger partial charge >= 0.3 is 0 Å². The minimum atomic E-state index is -0.851. The molecule has 0 radical (unpaired) electrons. The number of benzene rings is 1. The van der Waals surface area contributed by atoms with Gasteiger partial charge in [-0.15, -0.1) is 23.2 Å². The van der Waals surface area contributed by atoms with Gasteiger partial charge in [-0.25, -0.2) is 0 Å². The molecule has 0 fully saturated rings. The summed E-state index contributed by atoms with van der Waals surface area (Å²) in [6.07, 6.45) is 0. The fourth-order valence-electron chi connectivity index (χ4n) is 1.77. The number of rotatable bonds is 3. The normalized spacial score (nSPS) is 15.0. The van der Waals surface area contributed by atoms with E-state index in [0.717, 1.165) is 5.56 Å². The largest absolute Gasteiger partial charge is 0.124 e. The molecule has 18 heavy (non-hydrogen) atoms. The zero-order valence-electron chi connectivity index (χ0n) is 10.1. The molecule has 0 bridgehead atoms. The van der Waals surface area contributed by atoms with E-state index in [1.54, 1.807) is 6.92 Å². The van der Waals surface area contributed by atoms with Gasteiger partial charge in [-0.3, -0.25) is 0 Å². The Morgan fingerprint density at radius 1 is 0.944 bits per heavy atom. The van der Waals surface area contributed by atoms with Gasteiger partial charge in [0.05, 0.1) is 25.0 Å². The fraction of sp³-hybridized carbons (Fsp3) is 0.500. The van der Waals surface area contributed by atoms with Crippen molar-refractivity contribution in [2.45, 2.75) is 31.6 Å². The molecule has 0 amide bonds. The Labute approximate surface area is 137 Å². The molecule has 0 saturated carbocycles. The van der Waals surface area contributed by atoms with E-state index in [4.69, 9.17) is 69.6 Å². The maximum atomic E-state index is 6.42. The van der Waals surface area contributed by atoms with Crippen molar-refractivity contribution in [2.75, 3.05) is 5.88 Å². The van der Waals surface area contributed by atoms with Gasteiger partial charge < -0.3 is 0 Å². The van der Waals surface area contributed by atoms with Crippen molar-refractivity contribution in [1.82, 2.24) is 0 Å². The van der Waals surface area contributed by atoms with Gasteiger partial charge in [0.25, 0.3) is 0 Å². The van der Waals surface area contributed by atoms with Crippen molar-refractivity contribution in [1.29, 1.82) is 0 Å². The quantitative estimate of drug-likeness (QED) is 0.303. The molecule has 0 aromatic heterocycles. The van der Waals surface area contributed by atoms with Crippen LogP contribution in [0.1, 0.15) is 37.8 Å². The maximum Gasteiger partial charge on any atom is 0.0819 e. The number of alkyl halides is 2. The Morgan fingerprint density at radius 3 is 1.78 bits per heavy atom. The van der Waals surface area contributed by atoms with Crippen LogP contribution in [0.5, 0.6) is 0 Å². The topological polar surface area (TPSA) is 0 Å². The van der Waals surface area contributed by atoms with Crippen LogP contribution in [0.15, 0.2) is 0 Å². The van der Waals surface area contributed by atoms with Crippen molar-refractivity contribution in [3.05, 3.63) is 31.2 Å². The molecular formula is C12H12Cl6. The molecule has 1 rings (SSSR count). The predicted octanol–water partition coefficient (Wildman–Crippen LogP) is 7.12. The molecule has 0 aliphatic carbocycles. The number of hydrogen-bond donors (Lipinski definition) is 0. The third-order valence-electron chi connectivity index (χ3n) is 2.65. The van der Waals surface area contributed by atoms with Gasteiger partial charge in [0.1, 0.15) is 0 Å². The van der Waals surface area contributed by atoms with E-state index < -0.39 is 4.87 Å². The summed E-state index contributed by atoms with van der Waals surface area (Å²) in [4.78, 5) is -0.851. The van der Waals surface area contributed by atoms with Gasteiger partial charge in [-0.1, -0.05) is 60.3 Å². The van der Waals surface area contributed by atoms with Crippen molar-refractivity contribution in [3.63, 3.8) is 0 Å². The third-order valence-corrected chi connectivity index (χ3v) is 5.46. The molecule has 0 aliphatic heterocycles. The predicted molar refractivity (Wildman–Crippen MR) is 84.5 cm³/mol. The van der Waals surface area contributed by atoms with E-state index >= 15 is 0 Å². The van der Waals surface area contributed by atoms with Crippen LogP contribution in [0.4, 0.5) is 0 Å². The molecule has 0 nitrogen and oxygen atoms in total. The highest BCUT2D eigenvalue weighted by atomic mass is 35.5. The molecule has 0 heterocycles.